The predicted molar refractivity (Wildman–Crippen MR) is 49.1 cm³/mol. The van der Waals surface area contributed by atoms with Gasteiger partial charge in [0.25, 0.3) is 0 Å². The highest BCUT2D eigenvalue weighted by molar-refractivity contribution is 4.72. The minimum atomic E-state index is -0.320. The molecule has 0 aromatic rings. The van der Waals surface area contributed by atoms with Crippen molar-refractivity contribution in [2.45, 2.75) is 51.7 Å². The quantitative estimate of drug-likeness (QED) is 0.705. The molecule has 0 amide bonds. The molecule has 2 nitrogen and oxygen atoms in total. The van der Waals surface area contributed by atoms with Crippen LogP contribution in [0.4, 0.5) is 0 Å². The van der Waals surface area contributed by atoms with Crippen molar-refractivity contribution < 1.29 is 9.84 Å². The highest BCUT2D eigenvalue weighted by Gasteiger charge is 2.21. The Morgan fingerprint density at radius 1 is 1.42 bits per heavy atom. The van der Waals surface area contributed by atoms with Crippen LogP contribution in [0.5, 0.6) is 0 Å². The van der Waals surface area contributed by atoms with E-state index in [9.17, 15) is 0 Å². The lowest BCUT2D eigenvalue weighted by Gasteiger charge is -2.29. The minimum Gasteiger partial charge on any atom is -0.391 e. The third kappa shape index (κ3) is 3.11. The second-order valence-electron chi connectivity index (χ2n) is 3.98. The van der Waals surface area contributed by atoms with E-state index < -0.39 is 0 Å². The molecule has 0 aliphatic heterocycles. The summed E-state index contributed by atoms with van der Waals surface area (Å²) in [6.45, 7) is 4.51. The first-order valence-corrected chi connectivity index (χ1v) is 5.00. The molecule has 0 radical (unpaired) electrons. The molecule has 2 unspecified atom stereocenters. The van der Waals surface area contributed by atoms with Crippen LogP contribution in [0.2, 0.25) is 0 Å². The van der Waals surface area contributed by atoms with E-state index in [-0.39, 0.29) is 6.10 Å². The lowest BCUT2D eigenvalue weighted by molar-refractivity contribution is -0.0412. The van der Waals surface area contributed by atoms with Crippen LogP contribution in [-0.2, 0) is 4.74 Å². The zero-order valence-corrected chi connectivity index (χ0v) is 8.12. The second kappa shape index (κ2) is 4.83. The van der Waals surface area contributed by atoms with Gasteiger partial charge in [-0.05, 0) is 25.7 Å². The number of aliphatic hydroxyl groups excluding tert-OH is 1. The van der Waals surface area contributed by atoms with Gasteiger partial charge in [0.05, 0.1) is 18.8 Å². The monoisotopic (exact) mass is 172 g/mol. The summed E-state index contributed by atoms with van der Waals surface area (Å²) in [5.41, 5.74) is 0. The maximum Gasteiger partial charge on any atom is 0.0745 e. The standard InChI is InChI=1S/C10H20O2/c1-8-5-3-4-6-10(8)12-7-9(2)11/h8-11H,3-7H2,1-2H3/t8?,9-,10?/m0/s1. The summed E-state index contributed by atoms with van der Waals surface area (Å²) >= 11 is 0. The molecule has 0 heterocycles. The molecule has 0 aromatic carbocycles. The van der Waals surface area contributed by atoms with Gasteiger partial charge in [-0.15, -0.1) is 0 Å². The topological polar surface area (TPSA) is 29.5 Å². The van der Waals surface area contributed by atoms with Gasteiger partial charge in [-0.2, -0.15) is 0 Å². The van der Waals surface area contributed by atoms with Crippen LogP contribution in [-0.4, -0.2) is 23.9 Å². The lowest BCUT2D eigenvalue weighted by Crippen LogP contribution is -2.28. The number of hydrogen-bond donors (Lipinski definition) is 1. The van der Waals surface area contributed by atoms with Crippen molar-refractivity contribution in [3.8, 4) is 0 Å². The van der Waals surface area contributed by atoms with Crippen molar-refractivity contribution in [1.82, 2.24) is 0 Å². The van der Waals surface area contributed by atoms with Crippen LogP contribution < -0.4 is 0 Å². The Balaban J connectivity index is 2.20. The van der Waals surface area contributed by atoms with Crippen molar-refractivity contribution in [2.75, 3.05) is 6.61 Å². The molecule has 1 aliphatic carbocycles. The van der Waals surface area contributed by atoms with Crippen LogP contribution in [0.3, 0.4) is 0 Å². The van der Waals surface area contributed by atoms with Gasteiger partial charge < -0.3 is 9.84 Å². The molecule has 1 fully saturated rings. The highest BCUT2D eigenvalue weighted by atomic mass is 16.5. The molecule has 72 valence electrons. The third-order valence-corrected chi connectivity index (χ3v) is 2.58. The van der Waals surface area contributed by atoms with Gasteiger partial charge in [0, 0.05) is 0 Å². The zero-order chi connectivity index (χ0) is 8.97. The lowest BCUT2D eigenvalue weighted by atomic mass is 9.88. The van der Waals surface area contributed by atoms with Gasteiger partial charge in [0.1, 0.15) is 0 Å². The molecule has 0 saturated heterocycles. The summed E-state index contributed by atoms with van der Waals surface area (Å²) in [4.78, 5) is 0. The van der Waals surface area contributed by atoms with Crippen molar-refractivity contribution in [3.05, 3.63) is 0 Å². The molecule has 2 heteroatoms. The van der Waals surface area contributed by atoms with Gasteiger partial charge in [0.2, 0.25) is 0 Å². The SMILES string of the molecule is CC1CCCCC1OC[C@H](C)O. The van der Waals surface area contributed by atoms with Crippen LogP contribution >= 0.6 is 0 Å². The summed E-state index contributed by atoms with van der Waals surface area (Å²) < 4.78 is 5.61. The number of rotatable bonds is 3. The predicted octanol–water partition coefficient (Wildman–Crippen LogP) is 1.96. The maximum absolute atomic E-state index is 9.04. The van der Waals surface area contributed by atoms with Crippen molar-refractivity contribution >= 4 is 0 Å². The molecule has 3 atom stereocenters. The molecule has 0 bridgehead atoms. The average Bonchev–Trinajstić information content (AvgIpc) is 2.03. The molecule has 0 aromatic heterocycles. The van der Waals surface area contributed by atoms with E-state index in [2.05, 4.69) is 6.92 Å². The fourth-order valence-electron chi connectivity index (χ4n) is 1.79. The third-order valence-electron chi connectivity index (χ3n) is 2.58. The van der Waals surface area contributed by atoms with Crippen molar-refractivity contribution in [1.29, 1.82) is 0 Å². The molecule has 12 heavy (non-hydrogen) atoms. The zero-order valence-electron chi connectivity index (χ0n) is 8.12. The van der Waals surface area contributed by atoms with Gasteiger partial charge in [-0.25, -0.2) is 0 Å². The van der Waals surface area contributed by atoms with Gasteiger partial charge in [-0.3, -0.25) is 0 Å². The van der Waals surface area contributed by atoms with E-state index in [0.29, 0.717) is 18.6 Å². The fourth-order valence-corrected chi connectivity index (χ4v) is 1.79. The van der Waals surface area contributed by atoms with E-state index >= 15 is 0 Å². The van der Waals surface area contributed by atoms with Gasteiger partial charge >= 0.3 is 0 Å². The summed E-state index contributed by atoms with van der Waals surface area (Å²) in [5.74, 6) is 0.678. The largest absolute Gasteiger partial charge is 0.391 e. The molecule has 1 rings (SSSR count). The summed E-state index contributed by atoms with van der Waals surface area (Å²) in [5, 5.41) is 9.04. The van der Waals surface area contributed by atoms with E-state index in [0.717, 1.165) is 0 Å². The van der Waals surface area contributed by atoms with Crippen LogP contribution in [0.25, 0.3) is 0 Å². The van der Waals surface area contributed by atoms with Crippen LogP contribution in [0.1, 0.15) is 39.5 Å². The molecule has 1 aliphatic rings. The summed E-state index contributed by atoms with van der Waals surface area (Å²) in [6.07, 6.45) is 5.16. The highest BCUT2D eigenvalue weighted by Crippen LogP contribution is 2.26. The molecule has 1 saturated carbocycles. The molecular formula is C10H20O2. The second-order valence-corrected chi connectivity index (χ2v) is 3.98. The number of ether oxygens (including phenoxy) is 1. The van der Waals surface area contributed by atoms with Crippen molar-refractivity contribution in [2.24, 2.45) is 5.92 Å². The number of aliphatic hydroxyl groups is 1. The Bertz CT molecular complexity index is 123. The van der Waals surface area contributed by atoms with E-state index in [1.54, 1.807) is 6.92 Å². The van der Waals surface area contributed by atoms with Crippen LogP contribution in [0, 0.1) is 5.92 Å². The smallest absolute Gasteiger partial charge is 0.0745 e. The first-order chi connectivity index (χ1) is 5.70. The Labute approximate surface area is 74.9 Å². The van der Waals surface area contributed by atoms with Crippen molar-refractivity contribution in [3.63, 3.8) is 0 Å². The Morgan fingerprint density at radius 3 is 2.67 bits per heavy atom. The summed E-state index contributed by atoms with van der Waals surface area (Å²) in [6, 6.07) is 0. The van der Waals surface area contributed by atoms with Crippen LogP contribution in [0.15, 0.2) is 0 Å². The first kappa shape index (κ1) is 10.0. The normalized spacial score (nSPS) is 33.2. The average molecular weight is 172 g/mol. The van der Waals surface area contributed by atoms with E-state index in [1.807, 2.05) is 0 Å². The fraction of sp³-hybridized carbons (Fsp3) is 1.00. The first-order valence-electron chi connectivity index (χ1n) is 5.00. The molecule has 0 spiro atoms. The summed E-state index contributed by atoms with van der Waals surface area (Å²) in [7, 11) is 0. The minimum absolute atomic E-state index is 0.320. The Morgan fingerprint density at radius 2 is 2.08 bits per heavy atom. The Hall–Kier alpha value is -0.0800. The van der Waals surface area contributed by atoms with E-state index in [4.69, 9.17) is 9.84 Å². The number of hydrogen-bond acceptors (Lipinski definition) is 2. The molecule has 1 N–H and O–H groups in total. The van der Waals surface area contributed by atoms with Gasteiger partial charge in [0.15, 0.2) is 0 Å². The Kier molecular flexibility index (Phi) is 4.02. The molecular weight excluding hydrogens is 152 g/mol. The van der Waals surface area contributed by atoms with Gasteiger partial charge in [-0.1, -0.05) is 19.8 Å². The van der Waals surface area contributed by atoms with E-state index in [1.165, 1.54) is 25.7 Å². The maximum atomic E-state index is 9.04.